The minimum atomic E-state index is -0.0995. The zero-order valence-electron chi connectivity index (χ0n) is 16.4. The van der Waals surface area contributed by atoms with E-state index in [1.165, 1.54) is 12.8 Å². The van der Waals surface area contributed by atoms with Gasteiger partial charge in [-0.3, -0.25) is 4.79 Å². The molecule has 0 atom stereocenters. The number of hydrogen-bond acceptors (Lipinski definition) is 6. The molecule has 7 heteroatoms. The van der Waals surface area contributed by atoms with Gasteiger partial charge in [0, 0.05) is 11.6 Å². The minimum absolute atomic E-state index is 0.0995. The monoisotopic (exact) mass is 393 g/mol. The summed E-state index contributed by atoms with van der Waals surface area (Å²) < 4.78 is 16.3. The van der Waals surface area contributed by atoms with E-state index in [-0.39, 0.29) is 18.7 Å². The van der Waals surface area contributed by atoms with Crippen LogP contribution in [0.25, 0.3) is 22.4 Å². The molecular weight excluding hydrogens is 370 g/mol. The Labute approximate surface area is 168 Å². The van der Waals surface area contributed by atoms with Crippen molar-refractivity contribution in [3.05, 3.63) is 35.5 Å². The van der Waals surface area contributed by atoms with E-state index in [2.05, 4.69) is 15.5 Å². The first kappa shape index (κ1) is 18.0. The second-order valence-electron chi connectivity index (χ2n) is 7.73. The molecule has 29 heavy (non-hydrogen) atoms. The molecule has 2 aromatic heterocycles. The van der Waals surface area contributed by atoms with Gasteiger partial charge in [0.25, 0.3) is 11.6 Å². The Hall–Kier alpha value is -3.09. The zero-order chi connectivity index (χ0) is 19.8. The van der Waals surface area contributed by atoms with Crippen LogP contribution in [0.4, 0.5) is 0 Å². The van der Waals surface area contributed by atoms with Crippen LogP contribution in [0.1, 0.15) is 54.6 Å². The Balaban J connectivity index is 1.53. The molecule has 0 unspecified atom stereocenters. The number of amides is 1. The molecular formula is C22H23N3O4. The molecule has 1 amide bonds. The number of benzene rings is 1. The second kappa shape index (κ2) is 7.39. The van der Waals surface area contributed by atoms with Crippen molar-refractivity contribution < 1.29 is 18.8 Å². The number of fused-ring (bicyclic) bond motifs is 2. The van der Waals surface area contributed by atoms with Crippen LogP contribution in [0.3, 0.4) is 0 Å². The molecule has 1 aliphatic heterocycles. The van der Waals surface area contributed by atoms with Gasteiger partial charge in [0.15, 0.2) is 11.5 Å². The largest absolute Gasteiger partial charge is 0.454 e. The van der Waals surface area contributed by atoms with Crippen molar-refractivity contribution in [1.82, 2.24) is 15.5 Å². The number of carbonyl (C=O) groups excluding carboxylic acids is 1. The number of nitrogens with zero attached hydrogens (tertiary/aromatic N) is 2. The van der Waals surface area contributed by atoms with Crippen molar-refractivity contribution in [3.63, 3.8) is 0 Å². The van der Waals surface area contributed by atoms with Gasteiger partial charge in [-0.05, 0) is 44.0 Å². The number of nitrogens with one attached hydrogen (secondary N) is 1. The average molecular weight is 393 g/mol. The van der Waals surface area contributed by atoms with Gasteiger partial charge >= 0.3 is 0 Å². The van der Waals surface area contributed by atoms with Crippen molar-refractivity contribution in [1.29, 1.82) is 0 Å². The summed E-state index contributed by atoms with van der Waals surface area (Å²) >= 11 is 0. The van der Waals surface area contributed by atoms with Crippen LogP contribution < -0.4 is 14.8 Å². The number of aryl methyl sites for hydroxylation is 1. The Morgan fingerprint density at radius 2 is 1.86 bits per heavy atom. The van der Waals surface area contributed by atoms with E-state index in [1.807, 2.05) is 31.2 Å². The molecule has 3 heterocycles. The predicted octanol–water partition coefficient (Wildman–Crippen LogP) is 4.38. The lowest BCUT2D eigenvalue weighted by molar-refractivity contribution is 0.0935. The minimum Gasteiger partial charge on any atom is -0.454 e. The molecule has 1 N–H and O–H groups in total. The molecule has 3 aromatic rings. The molecule has 0 bridgehead atoms. The summed E-state index contributed by atoms with van der Waals surface area (Å²) in [5, 5.41) is 7.92. The fourth-order valence-corrected chi connectivity index (χ4v) is 4.16. The zero-order valence-corrected chi connectivity index (χ0v) is 16.4. The molecule has 2 aliphatic rings. The van der Waals surface area contributed by atoms with Gasteiger partial charge in [-0.2, -0.15) is 0 Å². The van der Waals surface area contributed by atoms with Crippen LogP contribution in [0.15, 0.2) is 28.8 Å². The van der Waals surface area contributed by atoms with Crippen LogP contribution in [0.2, 0.25) is 0 Å². The van der Waals surface area contributed by atoms with Gasteiger partial charge in [-0.15, -0.1) is 0 Å². The summed E-state index contributed by atoms with van der Waals surface area (Å²) in [7, 11) is 0. The molecule has 1 saturated carbocycles. The van der Waals surface area contributed by atoms with Gasteiger partial charge in [0.1, 0.15) is 0 Å². The summed E-state index contributed by atoms with van der Waals surface area (Å²) in [6.07, 6.45) is 6.85. The highest BCUT2D eigenvalue weighted by atomic mass is 16.7. The van der Waals surface area contributed by atoms with Gasteiger partial charge in [0.05, 0.1) is 22.3 Å². The molecule has 5 rings (SSSR count). The lowest BCUT2D eigenvalue weighted by atomic mass is 10.0. The number of ether oxygens (including phenoxy) is 2. The van der Waals surface area contributed by atoms with Crippen LogP contribution in [0.5, 0.6) is 11.5 Å². The number of hydrogen-bond donors (Lipinski definition) is 1. The number of pyridine rings is 1. The average Bonchev–Trinajstić information content (AvgIpc) is 3.26. The smallest absolute Gasteiger partial charge is 0.259 e. The third-order valence-corrected chi connectivity index (χ3v) is 5.72. The third kappa shape index (κ3) is 3.41. The highest BCUT2D eigenvalue weighted by Crippen LogP contribution is 2.36. The molecule has 0 spiro atoms. The fourth-order valence-electron chi connectivity index (χ4n) is 4.16. The Morgan fingerprint density at radius 1 is 1.07 bits per heavy atom. The van der Waals surface area contributed by atoms with Gasteiger partial charge in [-0.1, -0.05) is 30.8 Å². The molecule has 1 aromatic carbocycles. The standard InChI is InChI=1S/C22H23N3O4/c1-13-20-16(21(26)23-15-6-4-2-3-5-7-15)11-17(24-22(20)29-25-13)14-8-9-18-19(10-14)28-12-27-18/h8-11,15H,2-7,12H2,1H3,(H,23,26). The third-order valence-electron chi connectivity index (χ3n) is 5.72. The first-order valence-corrected chi connectivity index (χ1v) is 10.2. The summed E-state index contributed by atoms with van der Waals surface area (Å²) in [6, 6.07) is 7.64. The second-order valence-corrected chi connectivity index (χ2v) is 7.73. The maximum Gasteiger partial charge on any atom is 0.259 e. The lowest BCUT2D eigenvalue weighted by Gasteiger charge is -2.17. The molecule has 7 nitrogen and oxygen atoms in total. The lowest BCUT2D eigenvalue weighted by Crippen LogP contribution is -2.34. The molecule has 0 radical (unpaired) electrons. The first-order chi connectivity index (χ1) is 14.2. The molecule has 1 fully saturated rings. The van der Waals surface area contributed by atoms with Crippen molar-refractivity contribution in [2.45, 2.75) is 51.5 Å². The summed E-state index contributed by atoms with van der Waals surface area (Å²) in [5.74, 6) is 1.27. The van der Waals surface area contributed by atoms with E-state index in [1.54, 1.807) is 0 Å². The molecule has 150 valence electrons. The highest BCUT2D eigenvalue weighted by Gasteiger charge is 2.23. The van der Waals surface area contributed by atoms with E-state index in [0.29, 0.717) is 39.6 Å². The van der Waals surface area contributed by atoms with Crippen LogP contribution in [0, 0.1) is 6.92 Å². The van der Waals surface area contributed by atoms with Crippen molar-refractivity contribution in [3.8, 4) is 22.8 Å². The fraction of sp³-hybridized carbons (Fsp3) is 0.409. The Kier molecular flexibility index (Phi) is 4.58. The quantitative estimate of drug-likeness (QED) is 0.665. The Morgan fingerprint density at radius 3 is 2.69 bits per heavy atom. The van der Waals surface area contributed by atoms with Crippen molar-refractivity contribution in [2.75, 3.05) is 6.79 Å². The van der Waals surface area contributed by atoms with Gasteiger partial charge in [0.2, 0.25) is 6.79 Å². The van der Waals surface area contributed by atoms with Crippen LogP contribution in [-0.4, -0.2) is 28.9 Å². The topological polar surface area (TPSA) is 86.5 Å². The summed E-state index contributed by atoms with van der Waals surface area (Å²) in [6.45, 7) is 2.04. The summed E-state index contributed by atoms with van der Waals surface area (Å²) in [4.78, 5) is 17.8. The van der Waals surface area contributed by atoms with E-state index in [4.69, 9.17) is 14.0 Å². The normalized spacial score (nSPS) is 16.7. The maximum absolute atomic E-state index is 13.2. The Bertz CT molecular complexity index is 1070. The number of rotatable bonds is 3. The van der Waals surface area contributed by atoms with E-state index in [9.17, 15) is 4.79 Å². The molecule has 1 aliphatic carbocycles. The maximum atomic E-state index is 13.2. The van der Waals surface area contributed by atoms with Crippen molar-refractivity contribution in [2.24, 2.45) is 0 Å². The van der Waals surface area contributed by atoms with Crippen molar-refractivity contribution >= 4 is 17.0 Å². The first-order valence-electron chi connectivity index (χ1n) is 10.2. The molecule has 0 saturated heterocycles. The highest BCUT2D eigenvalue weighted by molar-refractivity contribution is 6.07. The SMILES string of the molecule is Cc1noc2nc(-c3ccc4c(c3)OCO4)cc(C(=O)NC3CCCCCC3)c12. The van der Waals surface area contributed by atoms with E-state index < -0.39 is 0 Å². The number of carbonyl (C=O) groups is 1. The van der Waals surface area contributed by atoms with Crippen LogP contribution in [-0.2, 0) is 0 Å². The van der Waals surface area contributed by atoms with Gasteiger partial charge < -0.3 is 19.3 Å². The summed E-state index contributed by atoms with van der Waals surface area (Å²) in [5.41, 5.74) is 3.04. The van der Waals surface area contributed by atoms with E-state index in [0.717, 1.165) is 31.2 Å². The van der Waals surface area contributed by atoms with E-state index >= 15 is 0 Å². The van der Waals surface area contributed by atoms with Gasteiger partial charge in [-0.25, -0.2) is 4.98 Å². The van der Waals surface area contributed by atoms with Crippen LogP contribution >= 0.6 is 0 Å². The predicted molar refractivity (Wildman–Crippen MR) is 107 cm³/mol. The number of aromatic nitrogens is 2.